The minimum Gasteiger partial charge on any atom is -0.286 e. The molecule has 90 valence electrons. The van der Waals surface area contributed by atoms with Crippen LogP contribution in [0.5, 0.6) is 0 Å². The monoisotopic (exact) mass is 236 g/mol. The van der Waals surface area contributed by atoms with E-state index in [4.69, 9.17) is 4.84 Å². The maximum Gasteiger partial charge on any atom is 0.301 e. The Kier molecular flexibility index (Phi) is 4.51. The first-order chi connectivity index (χ1) is 6.95. The summed E-state index contributed by atoms with van der Waals surface area (Å²) in [6.07, 6.45) is 1.08. The number of piperidine rings is 1. The van der Waals surface area contributed by atoms with E-state index in [1.165, 1.54) is 4.31 Å². The molecule has 1 fully saturated rings. The van der Waals surface area contributed by atoms with Gasteiger partial charge in [-0.1, -0.05) is 18.7 Å². The molecule has 5 nitrogen and oxygen atoms in total. The number of nitrogens with zero attached hydrogens (tertiary/aromatic N) is 1. The van der Waals surface area contributed by atoms with E-state index in [2.05, 4.69) is 18.7 Å². The van der Waals surface area contributed by atoms with Crippen molar-refractivity contribution in [3.63, 3.8) is 0 Å². The van der Waals surface area contributed by atoms with Crippen LogP contribution in [0.15, 0.2) is 0 Å². The molecule has 0 aromatic heterocycles. The molecular weight excluding hydrogens is 216 g/mol. The molecule has 2 atom stereocenters. The van der Waals surface area contributed by atoms with Crippen molar-refractivity contribution >= 4 is 10.2 Å². The smallest absolute Gasteiger partial charge is 0.286 e. The number of hydrogen-bond acceptors (Lipinski definition) is 3. The Balaban J connectivity index is 2.61. The summed E-state index contributed by atoms with van der Waals surface area (Å²) in [5, 5.41) is 0. The van der Waals surface area contributed by atoms with Crippen molar-refractivity contribution in [1.82, 2.24) is 9.19 Å². The van der Waals surface area contributed by atoms with Crippen molar-refractivity contribution in [2.75, 3.05) is 19.7 Å². The Morgan fingerprint density at radius 3 is 2.33 bits per heavy atom. The van der Waals surface area contributed by atoms with Crippen LogP contribution in [0.1, 0.15) is 27.2 Å². The largest absolute Gasteiger partial charge is 0.301 e. The fraction of sp³-hybridized carbons (Fsp3) is 1.00. The molecule has 1 heterocycles. The van der Waals surface area contributed by atoms with Gasteiger partial charge in [0.1, 0.15) is 0 Å². The van der Waals surface area contributed by atoms with E-state index in [9.17, 15) is 8.42 Å². The zero-order chi connectivity index (χ0) is 11.5. The van der Waals surface area contributed by atoms with Crippen LogP contribution in [0.3, 0.4) is 0 Å². The molecule has 0 bridgehead atoms. The zero-order valence-electron chi connectivity index (χ0n) is 9.56. The van der Waals surface area contributed by atoms with E-state index in [0.29, 0.717) is 31.5 Å². The van der Waals surface area contributed by atoms with Crippen molar-refractivity contribution < 1.29 is 13.3 Å². The lowest BCUT2D eigenvalue weighted by Gasteiger charge is -2.33. The van der Waals surface area contributed by atoms with Gasteiger partial charge in [-0.15, -0.1) is 0 Å². The predicted octanol–water partition coefficient (Wildman–Crippen LogP) is 0.750. The van der Waals surface area contributed by atoms with Crippen LogP contribution in [0.25, 0.3) is 0 Å². The average molecular weight is 236 g/mol. The fourth-order valence-electron chi connectivity index (χ4n) is 1.99. The van der Waals surface area contributed by atoms with Crippen molar-refractivity contribution in [2.45, 2.75) is 27.2 Å². The second-order valence-corrected chi connectivity index (χ2v) is 5.92. The molecule has 0 aromatic rings. The summed E-state index contributed by atoms with van der Waals surface area (Å²) in [7, 11) is -3.45. The molecule has 15 heavy (non-hydrogen) atoms. The molecule has 1 aliphatic heterocycles. The molecule has 1 aliphatic rings. The molecule has 0 aromatic carbocycles. The van der Waals surface area contributed by atoms with Crippen LogP contribution >= 0.6 is 0 Å². The minimum atomic E-state index is -3.45. The van der Waals surface area contributed by atoms with E-state index >= 15 is 0 Å². The number of hydrogen-bond donors (Lipinski definition) is 1. The number of rotatable bonds is 4. The third kappa shape index (κ3) is 3.71. The molecular formula is C9H20N2O3S. The summed E-state index contributed by atoms with van der Waals surface area (Å²) in [5.74, 6) is 0.818. The van der Waals surface area contributed by atoms with E-state index in [1.54, 1.807) is 6.92 Å². The average Bonchev–Trinajstić information content (AvgIpc) is 2.13. The van der Waals surface area contributed by atoms with Gasteiger partial charge >= 0.3 is 10.2 Å². The normalized spacial score (nSPS) is 29.3. The minimum absolute atomic E-state index is 0.332. The molecule has 1 saturated heterocycles. The van der Waals surface area contributed by atoms with Gasteiger partial charge in [0, 0.05) is 13.1 Å². The second-order valence-electron chi connectivity index (χ2n) is 4.28. The number of nitrogens with one attached hydrogen (secondary N) is 1. The van der Waals surface area contributed by atoms with E-state index in [-0.39, 0.29) is 0 Å². The SMILES string of the molecule is CCONS(=O)(=O)N1CC(C)CC(C)C1. The maximum absolute atomic E-state index is 11.7. The van der Waals surface area contributed by atoms with Gasteiger partial charge in [0.2, 0.25) is 0 Å². The van der Waals surface area contributed by atoms with Gasteiger partial charge < -0.3 is 0 Å². The first kappa shape index (κ1) is 12.9. The molecule has 2 unspecified atom stereocenters. The standard InChI is InChI=1S/C9H20N2O3S/c1-4-14-10-15(12,13)11-6-8(2)5-9(3)7-11/h8-10H,4-7H2,1-3H3. The lowest BCUT2D eigenvalue weighted by molar-refractivity contribution is 0.0952. The van der Waals surface area contributed by atoms with Crippen LogP contribution in [0.2, 0.25) is 0 Å². The van der Waals surface area contributed by atoms with Gasteiger partial charge in [-0.3, -0.25) is 4.84 Å². The van der Waals surface area contributed by atoms with Gasteiger partial charge in [0.25, 0.3) is 0 Å². The third-order valence-corrected chi connectivity index (χ3v) is 3.79. The van der Waals surface area contributed by atoms with Crippen molar-refractivity contribution in [3.8, 4) is 0 Å². The maximum atomic E-state index is 11.7. The Morgan fingerprint density at radius 1 is 1.33 bits per heavy atom. The molecule has 1 N–H and O–H groups in total. The van der Waals surface area contributed by atoms with Gasteiger partial charge in [-0.2, -0.15) is 12.7 Å². The summed E-state index contributed by atoms with van der Waals surface area (Å²) >= 11 is 0. The van der Waals surface area contributed by atoms with Gasteiger partial charge in [-0.25, -0.2) is 0 Å². The topological polar surface area (TPSA) is 58.6 Å². The van der Waals surface area contributed by atoms with Crippen LogP contribution in [0.4, 0.5) is 0 Å². The highest BCUT2D eigenvalue weighted by atomic mass is 32.2. The Morgan fingerprint density at radius 2 is 1.87 bits per heavy atom. The van der Waals surface area contributed by atoms with Crippen LogP contribution in [0, 0.1) is 11.8 Å². The van der Waals surface area contributed by atoms with E-state index in [0.717, 1.165) is 6.42 Å². The van der Waals surface area contributed by atoms with Crippen molar-refractivity contribution in [3.05, 3.63) is 0 Å². The molecule has 1 rings (SSSR count). The Bertz CT molecular complexity index is 282. The third-order valence-electron chi connectivity index (χ3n) is 2.48. The lowest BCUT2D eigenvalue weighted by atomic mass is 9.94. The van der Waals surface area contributed by atoms with Crippen LogP contribution in [-0.4, -0.2) is 32.4 Å². The van der Waals surface area contributed by atoms with Gasteiger partial charge in [0.05, 0.1) is 6.61 Å². The highest BCUT2D eigenvalue weighted by molar-refractivity contribution is 7.87. The van der Waals surface area contributed by atoms with Crippen LogP contribution < -0.4 is 4.89 Å². The lowest BCUT2D eigenvalue weighted by Crippen LogP contribution is -2.47. The summed E-state index contributed by atoms with van der Waals surface area (Å²) in [6.45, 7) is 7.36. The summed E-state index contributed by atoms with van der Waals surface area (Å²) in [6, 6.07) is 0. The van der Waals surface area contributed by atoms with Crippen molar-refractivity contribution in [2.24, 2.45) is 11.8 Å². The van der Waals surface area contributed by atoms with E-state index < -0.39 is 10.2 Å². The van der Waals surface area contributed by atoms with Gasteiger partial charge in [0.15, 0.2) is 0 Å². The second kappa shape index (κ2) is 5.25. The van der Waals surface area contributed by atoms with Crippen molar-refractivity contribution in [1.29, 1.82) is 0 Å². The highest BCUT2D eigenvalue weighted by Crippen LogP contribution is 2.22. The summed E-state index contributed by atoms with van der Waals surface area (Å²) in [5.41, 5.74) is 0. The quantitative estimate of drug-likeness (QED) is 0.733. The Hall–Kier alpha value is -0.170. The molecule has 0 aliphatic carbocycles. The molecule has 6 heteroatoms. The summed E-state index contributed by atoms with van der Waals surface area (Å²) < 4.78 is 24.9. The first-order valence-corrected chi connectivity index (χ1v) is 6.78. The highest BCUT2D eigenvalue weighted by Gasteiger charge is 2.30. The zero-order valence-corrected chi connectivity index (χ0v) is 10.4. The summed E-state index contributed by atoms with van der Waals surface area (Å²) in [4.78, 5) is 6.86. The molecule has 0 radical (unpaired) electrons. The van der Waals surface area contributed by atoms with Crippen LogP contribution in [-0.2, 0) is 15.0 Å². The fourth-order valence-corrected chi connectivity index (χ4v) is 3.26. The Labute approximate surface area is 91.9 Å². The first-order valence-electron chi connectivity index (χ1n) is 5.34. The predicted molar refractivity (Wildman–Crippen MR) is 58.2 cm³/mol. The molecule has 0 spiro atoms. The van der Waals surface area contributed by atoms with E-state index in [1.807, 2.05) is 0 Å². The molecule has 0 amide bonds. The van der Waals surface area contributed by atoms with Gasteiger partial charge in [-0.05, 0) is 25.2 Å². The molecule has 0 saturated carbocycles.